The van der Waals surface area contributed by atoms with Crippen LogP contribution in [-0.2, 0) is 0 Å². The van der Waals surface area contributed by atoms with Gasteiger partial charge in [-0.2, -0.15) is 5.26 Å². The lowest BCUT2D eigenvalue weighted by Crippen LogP contribution is -2.36. The molecule has 1 aromatic carbocycles. The van der Waals surface area contributed by atoms with E-state index in [2.05, 4.69) is 24.9 Å². The maximum absolute atomic E-state index is 8.98. The molecule has 0 saturated heterocycles. The monoisotopic (exact) mass is 243 g/mol. The first-order valence-corrected chi connectivity index (χ1v) is 6.64. The van der Waals surface area contributed by atoms with E-state index in [1.807, 2.05) is 12.1 Å². The van der Waals surface area contributed by atoms with Crippen LogP contribution >= 0.6 is 0 Å². The van der Waals surface area contributed by atoms with Crippen LogP contribution in [0.1, 0.15) is 38.2 Å². The van der Waals surface area contributed by atoms with Crippen molar-refractivity contribution in [2.45, 2.75) is 38.6 Å². The number of hydrogen-bond donors (Lipinski definition) is 1. The van der Waals surface area contributed by atoms with Crippen LogP contribution in [0.25, 0.3) is 0 Å². The molecule has 1 aromatic rings. The van der Waals surface area contributed by atoms with Crippen LogP contribution in [0.15, 0.2) is 18.2 Å². The summed E-state index contributed by atoms with van der Waals surface area (Å²) in [5, 5.41) is 8.98. The molecule has 18 heavy (non-hydrogen) atoms. The van der Waals surface area contributed by atoms with Crippen molar-refractivity contribution in [3.05, 3.63) is 23.8 Å². The Balaban J connectivity index is 2.22. The molecule has 0 spiro atoms. The first-order chi connectivity index (χ1) is 8.61. The molecule has 0 radical (unpaired) electrons. The normalized spacial score (nSPS) is 23.4. The number of anilines is 2. The second kappa shape index (κ2) is 5.30. The molecule has 2 atom stereocenters. The zero-order valence-electron chi connectivity index (χ0n) is 11.2. The van der Waals surface area contributed by atoms with Gasteiger partial charge in [0.25, 0.3) is 0 Å². The Hall–Kier alpha value is -1.69. The van der Waals surface area contributed by atoms with E-state index in [0.29, 0.717) is 11.6 Å². The van der Waals surface area contributed by atoms with Crippen LogP contribution in [0, 0.1) is 17.2 Å². The van der Waals surface area contributed by atoms with E-state index >= 15 is 0 Å². The summed E-state index contributed by atoms with van der Waals surface area (Å²) in [6.45, 7) is 2.31. The van der Waals surface area contributed by atoms with Gasteiger partial charge >= 0.3 is 0 Å². The molecule has 0 aromatic heterocycles. The van der Waals surface area contributed by atoms with Crippen molar-refractivity contribution in [2.75, 3.05) is 17.7 Å². The first kappa shape index (κ1) is 12.8. The van der Waals surface area contributed by atoms with Gasteiger partial charge < -0.3 is 10.6 Å². The number of hydrogen-bond acceptors (Lipinski definition) is 3. The van der Waals surface area contributed by atoms with Crippen LogP contribution in [-0.4, -0.2) is 13.1 Å². The number of benzene rings is 1. The lowest BCUT2D eigenvalue weighted by Gasteiger charge is -2.36. The molecule has 1 fully saturated rings. The highest BCUT2D eigenvalue weighted by Crippen LogP contribution is 2.32. The van der Waals surface area contributed by atoms with Gasteiger partial charge in [0.2, 0.25) is 0 Å². The Labute approximate surface area is 109 Å². The number of nitrogen functional groups attached to an aromatic ring is 1. The molecule has 0 heterocycles. The predicted molar refractivity (Wildman–Crippen MR) is 75.4 cm³/mol. The average molecular weight is 243 g/mol. The highest BCUT2D eigenvalue weighted by atomic mass is 15.1. The lowest BCUT2D eigenvalue weighted by molar-refractivity contribution is 0.336. The summed E-state index contributed by atoms with van der Waals surface area (Å²) in [5.74, 6) is 0.784. The van der Waals surface area contributed by atoms with E-state index in [4.69, 9.17) is 11.0 Å². The minimum absolute atomic E-state index is 0.546. The van der Waals surface area contributed by atoms with Crippen LogP contribution in [0.4, 0.5) is 11.4 Å². The lowest BCUT2D eigenvalue weighted by atomic mass is 9.86. The standard InChI is InChI=1S/C15H21N3/c1-11-4-3-5-13(8-11)18(2)15-9-12(10-16)6-7-14(15)17/h6-7,9,11,13H,3-5,8,17H2,1-2H3. The number of nitrogens with zero attached hydrogens (tertiary/aromatic N) is 2. The summed E-state index contributed by atoms with van der Waals surface area (Å²) in [6, 6.07) is 8.23. The van der Waals surface area contributed by atoms with E-state index in [1.54, 1.807) is 6.07 Å². The molecule has 96 valence electrons. The highest BCUT2D eigenvalue weighted by molar-refractivity contribution is 5.69. The van der Waals surface area contributed by atoms with E-state index in [0.717, 1.165) is 17.3 Å². The van der Waals surface area contributed by atoms with E-state index < -0.39 is 0 Å². The fourth-order valence-corrected chi connectivity index (χ4v) is 2.87. The van der Waals surface area contributed by atoms with Gasteiger partial charge in [-0.05, 0) is 37.0 Å². The molecule has 0 aliphatic heterocycles. The minimum Gasteiger partial charge on any atom is -0.397 e. The molecule has 1 aliphatic rings. The van der Waals surface area contributed by atoms with Gasteiger partial charge in [-0.25, -0.2) is 0 Å². The van der Waals surface area contributed by atoms with Crippen molar-refractivity contribution < 1.29 is 0 Å². The molecule has 2 rings (SSSR count). The van der Waals surface area contributed by atoms with Crippen LogP contribution < -0.4 is 10.6 Å². The molecule has 1 saturated carbocycles. The Morgan fingerprint density at radius 2 is 2.17 bits per heavy atom. The largest absolute Gasteiger partial charge is 0.397 e. The van der Waals surface area contributed by atoms with Crippen molar-refractivity contribution in [2.24, 2.45) is 5.92 Å². The van der Waals surface area contributed by atoms with E-state index in [1.165, 1.54) is 25.7 Å². The van der Waals surface area contributed by atoms with Gasteiger partial charge in [-0.15, -0.1) is 0 Å². The fourth-order valence-electron chi connectivity index (χ4n) is 2.87. The second-order valence-corrected chi connectivity index (χ2v) is 5.42. The molecule has 0 amide bonds. The third kappa shape index (κ3) is 2.59. The molecule has 3 nitrogen and oxygen atoms in total. The van der Waals surface area contributed by atoms with Gasteiger partial charge in [0.1, 0.15) is 0 Å². The minimum atomic E-state index is 0.546. The summed E-state index contributed by atoms with van der Waals surface area (Å²) >= 11 is 0. The topological polar surface area (TPSA) is 53.0 Å². The molecular weight excluding hydrogens is 222 g/mol. The van der Waals surface area contributed by atoms with Crippen molar-refractivity contribution >= 4 is 11.4 Å². The molecule has 2 N–H and O–H groups in total. The van der Waals surface area contributed by atoms with E-state index in [9.17, 15) is 0 Å². The maximum Gasteiger partial charge on any atom is 0.0992 e. The zero-order valence-corrected chi connectivity index (χ0v) is 11.2. The Morgan fingerprint density at radius 1 is 1.39 bits per heavy atom. The average Bonchev–Trinajstić information content (AvgIpc) is 2.38. The van der Waals surface area contributed by atoms with Crippen LogP contribution in [0.2, 0.25) is 0 Å². The Kier molecular flexibility index (Phi) is 3.76. The van der Waals surface area contributed by atoms with Gasteiger partial charge in [0, 0.05) is 13.1 Å². The molecule has 2 unspecified atom stereocenters. The van der Waals surface area contributed by atoms with E-state index in [-0.39, 0.29) is 0 Å². The summed E-state index contributed by atoms with van der Waals surface area (Å²) in [6.07, 6.45) is 5.05. The number of nitrogens with two attached hydrogens (primary N) is 1. The molecule has 1 aliphatic carbocycles. The SMILES string of the molecule is CC1CCCC(N(C)c2cc(C#N)ccc2N)C1. The quantitative estimate of drug-likeness (QED) is 0.812. The Morgan fingerprint density at radius 3 is 2.83 bits per heavy atom. The van der Waals surface area contributed by atoms with Gasteiger partial charge in [-0.1, -0.05) is 19.8 Å². The molecule has 0 bridgehead atoms. The summed E-state index contributed by atoms with van der Waals surface area (Å²) < 4.78 is 0. The predicted octanol–water partition coefficient (Wildman–Crippen LogP) is 3.16. The van der Waals surface area contributed by atoms with Crippen LogP contribution in [0.3, 0.4) is 0 Å². The Bertz CT molecular complexity index is 461. The second-order valence-electron chi connectivity index (χ2n) is 5.42. The highest BCUT2D eigenvalue weighted by Gasteiger charge is 2.23. The first-order valence-electron chi connectivity index (χ1n) is 6.64. The van der Waals surface area contributed by atoms with Crippen LogP contribution in [0.5, 0.6) is 0 Å². The van der Waals surface area contributed by atoms with Gasteiger partial charge in [0.15, 0.2) is 0 Å². The van der Waals surface area contributed by atoms with Crippen molar-refractivity contribution in [1.82, 2.24) is 0 Å². The number of nitriles is 1. The smallest absolute Gasteiger partial charge is 0.0992 e. The van der Waals surface area contributed by atoms with Crippen molar-refractivity contribution in [3.8, 4) is 6.07 Å². The number of rotatable bonds is 2. The van der Waals surface area contributed by atoms with Crippen molar-refractivity contribution in [3.63, 3.8) is 0 Å². The van der Waals surface area contributed by atoms with Gasteiger partial charge in [0.05, 0.1) is 23.0 Å². The van der Waals surface area contributed by atoms with Gasteiger partial charge in [-0.3, -0.25) is 0 Å². The fraction of sp³-hybridized carbons (Fsp3) is 0.533. The summed E-state index contributed by atoms with van der Waals surface area (Å²) in [7, 11) is 2.09. The molecule has 3 heteroatoms. The third-order valence-corrected chi connectivity index (χ3v) is 4.00. The molecular formula is C15H21N3. The maximum atomic E-state index is 8.98. The van der Waals surface area contributed by atoms with Crippen molar-refractivity contribution in [1.29, 1.82) is 5.26 Å². The zero-order chi connectivity index (χ0) is 13.1. The summed E-state index contributed by atoms with van der Waals surface area (Å²) in [5.41, 5.74) is 8.46. The summed E-state index contributed by atoms with van der Waals surface area (Å²) in [4.78, 5) is 2.26. The third-order valence-electron chi connectivity index (χ3n) is 4.00.